The average Bonchev–Trinajstić information content (AvgIpc) is 2.86. The fourth-order valence-electron chi connectivity index (χ4n) is 3.07. The van der Waals surface area contributed by atoms with Gasteiger partial charge in [0.2, 0.25) is 0 Å². The summed E-state index contributed by atoms with van der Waals surface area (Å²) in [6, 6.07) is 0.567. The summed E-state index contributed by atoms with van der Waals surface area (Å²) < 4.78 is 0. The van der Waals surface area contributed by atoms with E-state index in [0.29, 0.717) is 12.6 Å². The van der Waals surface area contributed by atoms with Gasteiger partial charge < -0.3 is 20.2 Å². The number of likely N-dealkylation sites (N-methyl/N-ethyl adjacent to an activating group) is 2. The summed E-state index contributed by atoms with van der Waals surface area (Å²) >= 11 is 0. The van der Waals surface area contributed by atoms with Crippen molar-refractivity contribution in [2.24, 2.45) is 0 Å². The van der Waals surface area contributed by atoms with Gasteiger partial charge in [0.25, 0.3) is 0 Å². The molecule has 2 aliphatic rings. The van der Waals surface area contributed by atoms with Gasteiger partial charge in [-0.3, -0.25) is 4.90 Å². The van der Waals surface area contributed by atoms with Crippen molar-refractivity contribution in [2.45, 2.75) is 25.0 Å². The molecule has 19 heavy (non-hydrogen) atoms. The molecule has 0 amide bonds. The molecule has 2 unspecified atom stereocenters. The van der Waals surface area contributed by atoms with Crippen LogP contribution >= 0.6 is 0 Å². The Kier molecular flexibility index (Phi) is 6.04. The van der Waals surface area contributed by atoms with Crippen LogP contribution in [0.2, 0.25) is 0 Å². The van der Waals surface area contributed by atoms with E-state index in [1.165, 1.54) is 12.8 Å². The van der Waals surface area contributed by atoms with Gasteiger partial charge in [-0.1, -0.05) is 0 Å². The topological polar surface area (TPSA) is 42.0 Å². The summed E-state index contributed by atoms with van der Waals surface area (Å²) in [4.78, 5) is 7.17. The maximum Gasteiger partial charge on any atom is 0.0791 e. The molecule has 112 valence electrons. The van der Waals surface area contributed by atoms with Gasteiger partial charge in [0.1, 0.15) is 0 Å². The van der Waals surface area contributed by atoms with Crippen LogP contribution in [0.4, 0.5) is 0 Å². The van der Waals surface area contributed by atoms with Gasteiger partial charge >= 0.3 is 0 Å². The van der Waals surface area contributed by atoms with Crippen molar-refractivity contribution >= 4 is 0 Å². The largest absolute Gasteiger partial charge is 0.390 e. The van der Waals surface area contributed by atoms with Crippen LogP contribution in [0.1, 0.15) is 12.8 Å². The maximum absolute atomic E-state index is 10.0. The summed E-state index contributed by atoms with van der Waals surface area (Å²) in [5.74, 6) is 0. The Labute approximate surface area is 117 Å². The monoisotopic (exact) mass is 270 g/mol. The van der Waals surface area contributed by atoms with Crippen LogP contribution in [-0.4, -0.2) is 98.4 Å². The molecule has 2 saturated heterocycles. The summed E-state index contributed by atoms with van der Waals surface area (Å²) in [6.45, 7) is 8.24. The van der Waals surface area contributed by atoms with Crippen LogP contribution in [0.15, 0.2) is 0 Å². The van der Waals surface area contributed by atoms with Crippen LogP contribution in [0.3, 0.4) is 0 Å². The quantitative estimate of drug-likeness (QED) is 0.667. The molecule has 2 atom stereocenters. The first-order valence-corrected chi connectivity index (χ1v) is 7.65. The number of nitrogens with one attached hydrogen (secondary N) is 1. The molecule has 0 spiro atoms. The number of aliphatic hydroxyl groups is 1. The smallest absolute Gasteiger partial charge is 0.0791 e. The highest BCUT2D eigenvalue weighted by molar-refractivity contribution is 4.81. The van der Waals surface area contributed by atoms with Crippen molar-refractivity contribution in [3.05, 3.63) is 0 Å². The number of nitrogens with zero attached hydrogens (tertiary/aromatic N) is 3. The van der Waals surface area contributed by atoms with Gasteiger partial charge in [0.05, 0.1) is 6.10 Å². The molecule has 0 aromatic carbocycles. The molecule has 0 aromatic rings. The predicted octanol–water partition coefficient (Wildman–Crippen LogP) is -0.721. The van der Waals surface area contributed by atoms with Crippen molar-refractivity contribution in [3.63, 3.8) is 0 Å². The molecule has 2 rings (SSSR count). The van der Waals surface area contributed by atoms with Gasteiger partial charge in [-0.2, -0.15) is 0 Å². The van der Waals surface area contributed by atoms with Crippen molar-refractivity contribution < 1.29 is 5.11 Å². The highest BCUT2D eigenvalue weighted by atomic mass is 16.3. The first-order chi connectivity index (χ1) is 9.15. The SMILES string of the molecule is CN1CCN(C)C(CNCC(O)CN2CCCC2)C1. The number of piperazine rings is 1. The molecule has 5 nitrogen and oxygen atoms in total. The fraction of sp³-hybridized carbons (Fsp3) is 1.00. The third-order valence-electron chi connectivity index (χ3n) is 4.41. The standard InChI is InChI=1S/C14H30N4O/c1-16-7-8-17(2)13(11-16)9-15-10-14(19)12-18-5-3-4-6-18/h13-15,19H,3-12H2,1-2H3. The van der Waals surface area contributed by atoms with E-state index < -0.39 is 0 Å². The molecular formula is C14H30N4O. The van der Waals surface area contributed by atoms with E-state index >= 15 is 0 Å². The zero-order valence-electron chi connectivity index (χ0n) is 12.5. The molecule has 0 saturated carbocycles. The second-order valence-corrected chi connectivity index (χ2v) is 6.22. The number of β-amino-alcohol motifs (C(OH)–C–C–N with tert-alkyl or cyclic N) is 1. The predicted molar refractivity (Wildman–Crippen MR) is 78.5 cm³/mol. The second-order valence-electron chi connectivity index (χ2n) is 6.22. The Balaban J connectivity index is 1.59. The lowest BCUT2D eigenvalue weighted by atomic mass is 10.2. The van der Waals surface area contributed by atoms with E-state index in [4.69, 9.17) is 0 Å². The third kappa shape index (κ3) is 5.00. The highest BCUT2D eigenvalue weighted by Gasteiger charge is 2.22. The van der Waals surface area contributed by atoms with E-state index in [9.17, 15) is 5.11 Å². The molecular weight excluding hydrogens is 240 g/mol. The molecule has 2 fully saturated rings. The van der Waals surface area contributed by atoms with E-state index in [1.807, 2.05) is 0 Å². The Morgan fingerprint density at radius 3 is 2.63 bits per heavy atom. The number of hydrogen-bond donors (Lipinski definition) is 2. The average molecular weight is 270 g/mol. The first kappa shape index (κ1) is 15.2. The lowest BCUT2D eigenvalue weighted by molar-refractivity contribution is 0.0994. The molecule has 5 heteroatoms. The van der Waals surface area contributed by atoms with E-state index in [0.717, 1.165) is 45.8 Å². The van der Waals surface area contributed by atoms with Crippen LogP contribution in [-0.2, 0) is 0 Å². The Bertz CT molecular complexity index is 258. The second kappa shape index (κ2) is 7.55. The molecule has 0 bridgehead atoms. The van der Waals surface area contributed by atoms with E-state index in [2.05, 4.69) is 34.1 Å². The third-order valence-corrected chi connectivity index (χ3v) is 4.41. The molecule has 2 N–H and O–H groups in total. The Morgan fingerprint density at radius 1 is 1.16 bits per heavy atom. The molecule has 0 aromatic heterocycles. The van der Waals surface area contributed by atoms with Crippen LogP contribution < -0.4 is 5.32 Å². The number of rotatable bonds is 6. The minimum Gasteiger partial charge on any atom is -0.390 e. The van der Waals surface area contributed by atoms with Crippen LogP contribution in [0, 0.1) is 0 Å². The van der Waals surface area contributed by atoms with E-state index in [1.54, 1.807) is 0 Å². The lowest BCUT2D eigenvalue weighted by Crippen LogP contribution is -2.54. The number of aliphatic hydroxyl groups excluding tert-OH is 1. The number of hydrogen-bond acceptors (Lipinski definition) is 5. The summed E-state index contributed by atoms with van der Waals surface area (Å²) in [5.41, 5.74) is 0. The van der Waals surface area contributed by atoms with Crippen molar-refractivity contribution in [3.8, 4) is 0 Å². The van der Waals surface area contributed by atoms with Gasteiger partial charge in [-0.15, -0.1) is 0 Å². The summed E-state index contributed by atoms with van der Waals surface area (Å²) in [7, 11) is 4.38. The fourth-order valence-corrected chi connectivity index (χ4v) is 3.07. The normalized spacial score (nSPS) is 28.9. The maximum atomic E-state index is 10.0. The molecule has 2 heterocycles. The zero-order chi connectivity index (χ0) is 13.7. The summed E-state index contributed by atoms with van der Waals surface area (Å²) in [5, 5.41) is 13.5. The van der Waals surface area contributed by atoms with Crippen LogP contribution in [0.5, 0.6) is 0 Å². The number of likely N-dealkylation sites (tertiary alicyclic amines) is 1. The van der Waals surface area contributed by atoms with Crippen molar-refractivity contribution in [1.29, 1.82) is 0 Å². The lowest BCUT2D eigenvalue weighted by Gasteiger charge is -2.38. The molecule has 2 aliphatic heterocycles. The Morgan fingerprint density at radius 2 is 1.89 bits per heavy atom. The highest BCUT2D eigenvalue weighted by Crippen LogP contribution is 2.08. The van der Waals surface area contributed by atoms with Crippen molar-refractivity contribution in [2.75, 3.05) is 66.5 Å². The van der Waals surface area contributed by atoms with Gasteiger partial charge in [0.15, 0.2) is 0 Å². The minimum atomic E-state index is -0.232. The summed E-state index contributed by atoms with van der Waals surface area (Å²) in [6.07, 6.45) is 2.35. The van der Waals surface area contributed by atoms with Gasteiger partial charge in [0, 0.05) is 45.3 Å². The molecule has 0 aliphatic carbocycles. The zero-order valence-corrected chi connectivity index (χ0v) is 12.5. The van der Waals surface area contributed by atoms with Crippen molar-refractivity contribution in [1.82, 2.24) is 20.0 Å². The van der Waals surface area contributed by atoms with E-state index in [-0.39, 0.29) is 6.10 Å². The Hall–Kier alpha value is -0.200. The van der Waals surface area contributed by atoms with Crippen LogP contribution in [0.25, 0.3) is 0 Å². The van der Waals surface area contributed by atoms with Gasteiger partial charge in [-0.05, 0) is 40.0 Å². The molecule has 0 radical (unpaired) electrons. The van der Waals surface area contributed by atoms with Gasteiger partial charge in [-0.25, -0.2) is 0 Å². The minimum absolute atomic E-state index is 0.232. The first-order valence-electron chi connectivity index (χ1n) is 7.65.